The highest BCUT2D eigenvalue weighted by Gasteiger charge is 2.21. The van der Waals surface area contributed by atoms with E-state index in [1.807, 2.05) is 12.1 Å². The van der Waals surface area contributed by atoms with Crippen molar-refractivity contribution >= 4 is 11.4 Å². The van der Waals surface area contributed by atoms with Gasteiger partial charge in [0, 0.05) is 37.1 Å². The number of rotatable bonds is 1. The van der Waals surface area contributed by atoms with Crippen molar-refractivity contribution < 1.29 is 0 Å². The monoisotopic (exact) mass is 205 g/mol. The minimum atomic E-state index is 0.576. The molecular formula is C12H19N3. The molecule has 0 aromatic heterocycles. The molecule has 82 valence electrons. The molecule has 0 amide bonds. The Kier molecular flexibility index (Phi) is 2.82. The number of nitrogen functional groups attached to an aromatic ring is 1. The minimum Gasteiger partial charge on any atom is -0.399 e. The van der Waals surface area contributed by atoms with E-state index in [1.54, 1.807) is 0 Å². The van der Waals surface area contributed by atoms with E-state index in [2.05, 4.69) is 35.9 Å². The van der Waals surface area contributed by atoms with Gasteiger partial charge in [-0.3, -0.25) is 0 Å². The fourth-order valence-corrected chi connectivity index (χ4v) is 2.19. The van der Waals surface area contributed by atoms with Crippen LogP contribution < -0.4 is 10.6 Å². The SMILES string of the molecule is CC1CN(C)CCN1c1ccc(N)cc1. The van der Waals surface area contributed by atoms with E-state index in [9.17, 15) is 0 Å². The van der Waals surface area contributed by atoms with Crippen molar-refractivity contribution in [2.24, 2.45) is 0 Å². The van der Waals surface area contributed by atoms with Crippen molar-refractivity contribution in [1.82, 2.24) is 4.90 Å². The Morgan fingerprint density at radius 3 is 2.47 bits per heavy atom. The molecule has 3 heteroatoms. The summed E-state index contributed by atoms with van der Waals surface area (Å²) < 4.78 is 0. The normalized spacial score (nSPS) is 23.1. The van der Waals surface area contributed by atoms with Crippen LogP contribution in [0.25, 0.3) is 0 Å². The van der Waals surface area contributed by atoms with E-state index in [4.69, 9.17) is 5.73 Å². The zero-order chi connectivity index (χ0) is 10.8. The van der Waals surface area contributed by atoms with E-state index in [0.717, 1.165) is 25.3 Å². The fourth-order valence-electron chi connectivity index (χ4n) is 2.19. The van der Waals surface area contributed by atoms with Gasteiger partial charge in [0.05, 0.1) is 0 Å². The third-order valence-electron chi connectivity index (χ3n) is 3.06. The summed E-state index contributed by atoms with van der Waals surface area (Å²) in [5.74, 6) is 0. The molecule has 1 aliphatic heterocycles. The summed E-state index contributed by atoms with van der Waals surface area (Å²) in [4.78, 5) is 4.82. The van der Waals surface area contributed by atoms with Crippen LogP contribution in [0.15, 0.2) is 24.3 Å². The van der Waals surface area contributed by atoms with Crippen molar-refractivity contribution in [2.45, 2.75) is 13.0 Å². The standard InChI is InChI=1S/C12H19N3/c1-10-9-14(2)7-8-15(10)12-5-3-11(13)4-6-12/h3-6,10H,7-9,13H2,1-2H3. The lowest BCUT2D eigenvalue weighted by atomic mass is 10.1. The van der Waals surface area contributed by atoms with Crippen LogP contribution in [-0.2, 0) is 0 Å². The molecule has 1 aliphatic rings. The van der Waals surface area contributed by atoms with Gasteiger partial charge in [0.2, 0.25) is 0 Å². The van der Waals surface area contributed by atoms with E-state index >= 15 is 0 Å². The van der Waals surface area contributed by atoms with Crippen LogP contribution >= 0.6 is 0 Å². The average molecular weight is 205 g/mol. The maximum atomic E-state index is 5.69. The Hall–Kier alpha value is -1.22. The summed E-state index contributed by atoms with van der Waals surface area (Å²) in [6.07, 6.45) is 0. The van der Waals surface area contributed by atoms with Crippen molar-refractivity contribution in [2.75, 3.05) is 37.3 Å². The van der Waals surface area contributed by atoms with Crippen molar-refractivity contribution in [3.8, 4) is 0 Å². The summed E-state index contributed by atoms with van der Waals surface area (Å²) in [7, 11) is 2.18. The van der Waals surface area contributed by atoms with E-state index < -0.39 is 0 Å². The molecule has 2 N–H and O–H groups in total. The Bertz CT molecular complexity index is 320. The van der Waals surface area contributed by atoms with Gasteiger partial charge < -0.3 is 15.5 Å². The van der Waals surface area contributed by atoms with Gasteiger partial charge in [0.15, 0.2) is 0 Å². The van der Waals surface area contributed by atoms with E-state index in [-0.39, 0.29) is 0 Å². The van der Waals surface area contributed by atoms with Gasteiger partial charge in [-0.1, -0.05) is 0 Å². The highest BCUT2D eigenvalue weighted by molar-refractivity contribution is 5.54. The molecule has 1 fully saturated rings. The predicted octanol–water partition coefficient (Wildman–Crippen LogP) is 1.41. The largest absolute Gasteiger partial charge is 0.399 e. The van der Waals surface area contributed by atoms with Gasteiger partial charge >= 0.3 is 0 Å². The van der Waals surface area contributed by atoms with E-state index in [1.165, 1.54) is 5.69 Å². The lowest BCUT2D eigenvalue weighted by Crippen LogP contribution is -2.50. The van der Waals surface area contributed by atoms with Crippen molar-refractivity contribution in [3.63, 3.8) is 0 Å². The first kappa shape index (κ1) is 10.3. The molecule has 1 saturated heterocycles. The number of likely N-dealkylation sites (N-methyl/N-ethyl adjacent to an activating group) is 1. The first-order valence-electron chi connectivity index (χ1n) is 5.47. The summed E-state index contributed by atoms with van der Waals surface area (Å²) in [6, 6.07) is 8.74. The third kappa shape index (κ3) is 2.23. The van der Waals surface area contributed by atoms with Crippen LogP contribution in [0.1, 0.15) is 6.92 Å². The molecule has 0 spiro atoms. The van der Waals surface area contributed by atoms with Crippen LogP contribution in [0, 0.1) is 0 Å². The maximum absolute atomic E-state index is 5.69. The number of hydrogen-bond donors (Lipinski definition) is 1. The summed E-state index contributed by atoms with van der Waals surface area (Å²) in [6.45, 7) is 5.63. The highest BCUT2D eigenvalue weighted by Crippen LogP contribution is 2.21. The summed E-state index contributed by atoms with van der Waals surface area (Å²) in [5, 5.41) is 0. The van der Waals surface area contributed by atoms with Gasteiger partial charge in [-0.2, -0.15) is 0 Å². The molecule has 3 nitrogen and oxygen atoms in total. The summed E-state index contributed by atoms with van der Waals surface area (Å²) >= 11 is 0. The first-order chi connectivity index (χ1) is 7.16. The summed E-state index contributed by atoms with van der Waals surface area (Å²) in [5.41, 5.74) is 7.80. The molecular weight excluding hydrogens is 186 g/mol. The first-order valence-corrected chi connectivity index (χ1v) is 5.47. The molecule has 0 saturated carbocycles. The van der Waals surface area contributed by atoms with Crippen LogP contribution in [0.4, 0.5) is 11.4 Å². The Balaban J connectivity index is 2.13. The topological polar surface area (TPSA) is 32.5 Å². The second-order valence-corrected chi connectivity index (χ2v) is 4.40. The lowest BCUT2D eigenvalue weighted by molar-refractivity contribution is 0.275. The molecule has 1 aromatic carbocycles. The lowest BCUT2D eigenvalue weighted by Gasteiger charge is -2.39. The van der Waals surface area contributed by atoms with Crippen molar-refractivity contribution in [3.05, 3.63) is 24.3 Å². The number of piperazine rings is 1. The Labute approximate surface area is 91.5 Å². The number of benzene rings is 1. The van der Waals surface area contributed by atoms with Gasteiger partial charge in [0.1, 0.15) is 0 Å². The average Bonchev–Trinajstić information content (AvgIpc) is 2.20. The quantitative estimate of drug-likeness (QED) is 0.704. The third-order valence-corrected chi connectivity index (χ3v) is 3.06. The maximum Gasteiger partial charge on any atom is 0.0389 e. The smallest absolute Gasteiger partial charge is 0.0389 e. The number of nitrogens with zero attached hydrogens (tertiary/aromatic N) is 2. The molecule has 0 bridgehead atoms. The molecule has 15 heavy (non-hydrogen) atoms. The second kappa shape index (κ2) is 4.11. The minimum absolute atomic E-state index is 0.576. The van der Waals surface area contributed by atoms with Crippen LogP contribution in [0.3, 0.4) is 0 Å². The fraction of sp³-hybridized carbons (Fsp3) is 0.500. The Morgan fingerprint density at radius 2 is 1.87 bits per heavy atom. The van der Waals surface area contributed by atoms with Gasteiger partial charge in [-0.15, -0.1) is 0 Å². The molecule has 1 aromatic rings. The predicted molar refractivity (Wildman–Crippen MR) is 65.2 cm³/mol. The molecule has 0 aliphatic carbocycles. The highest BCUT2D eigenvalue weighted by atomic mass is 15.3. The molecule has 1 heterocycles. The van der Waals surface area contributed by atoms with Gasteiger partial charge in [-0.05, 0) is 38.2 Å². The zero-order valence-electron chi connectivity index (χ0n) is 9.48. The van der Waals surface area contributed by atoms with Crippen LogP contribution in [-0.4, -0.2) is 37.6 Å². The molecule has 1 atom stereocenters. The zero-order valence-corrected chi connectivity index (χ0v) is 9.48. The number of hydrogen-bond acceptors (Lipinski definition) is 3. The molecule has 0 radical (unpaired) electrons. The van der Waals surface area contributed by atoms with Crippen molar-refractivity contribution in [1.29, 1.82) is 0 Å². The van der Waals surface area contributed by atoms with Gasteiger partial charge in [-0.25, -0.2) is 0 Å². The van der Waals surface area contributed by atoms with Crippen LogP contribution in [0.5, 0.6) is 0 Å². The van der Waals surface area contributed by atoms with Gasteiger partial charge in [0.25, 0.3) is 0 Å². The molecule has 1 unspecified atom stereocenters. The number of nitrogens with two attached hydrogens (primary N) is 1. The molecule has 2 rings (SSSR count). The number of anilines is 2. The van der Waals surface area contributed by atoms with E-state index in [0.29, 0.717) is 6.04 Å². The second-order valence-electron chi connectivity index (χ2n) is 4.40. The van der Waals surface area contributed by atoms with Crippen LogP contribution in [0.2, 0.25) is 0 Å². The Morgan fingerprint density at radius 1 is 1.20 bits per heavy atom.